The highest BCUT2D eigenvalue weighted by molar-refractivity contribution is 7.85. The zero-order valence-electron chi connectivity index (χ0n) is 20.4. The molecule has 4 aromatic rings. The fourth-order valence-electron chi connectivity index (χ4n) is 4.00. The zero-order chi connectivity index (χ0) is 25.6. The van der Waals surface area contributed by atoms with Gasteiger partial charge in [-0.1, -0.05) is 24.3 Å². The molecule has 188 valence electrons. The minimum Gasteiger partial charge on any atom is -0.453 e. The summed E-state index contributed by atoms with van der Waals surface area (Å²) in [6.45, 7) is 3.49. The van der Waals surface area contributed by atoms with Crippen LogP contribution in [0.1, 0.15) is 10.4 Å². The van der Waals surface area contributed by atoms with Gasteiger partial charge in [0, 0.05) is 67.0 Å². The second-order valence-corrected chi connectivity index (χ2v) is 10.2. The number of ether oxygens (including phenoxy) is 1. The quantitative estimate of drug-likeness (QED) is 0.391. The van der Waals surface area contributed by atoms with E-state index in [0.717, 1.165) is 32.0 Å². The highest BCUT2D eigenvalue weighted by atomic mass is 32.2. The van der Waals surface area contributed by atoms with E-state index in [1.807, 2.05) is 18.2 Å². The van der Waals surface area contributed by atoms with Crippen molar-refractivity contribution in [2.75, 3.05) is 43.4 Å². The molecule has 0 spiro atoms. The maximum absolute atomic E-state index is 13.6. The van der Waals surface area contributed by atoms with Crippen LogP contribution in [0.15, 0.2) is 101 Å². The van der Waals surface area contributed by atoms with Gasteiger partial charge in [-0.2, -0.15) is 0 Å². The Kier molecular flexibility index (Phi) is 7.53. The molecule has 1 fully saturated rings. The van der Waals surface area contributed by atoms with Crippen molar-refractivity contribution in [3.8, 4) is 11.5 Å². The van der Waals surface area contributed by atoms with Crippen LogP contribution in [0.4, 0.5) is 11.5 Å². The van der Waals surface area contributed by atoms with E-state index >= 15 is 0 Å². The number of rotatable bonds is 7. The summed E-state index contributed by atoms with van der Waals surface area (Å²) in [5.41, 5.74) is 1.12. The standard InChI is InChI=1S/C28H27N5O3S/c1-32-14-16-33(17-15-32)27-26(36-23-10-12-29-13-11-23)19-25(20-30-27)37(35)24-9-5-8-22(18-24)31-28(34)21-6-3-2-4-7-21/h2-13,18-20H,14-17H2,1H3,(H,31,34). The van der Waals surface area contributed by atoms with Crippen LogP contribution < -0.4 is 15.0 Å². The number of hydrogen-bond donors (Lipinski definition) is 1. The molecule has 2 aromatic heterocycles. The van der Waals surface area contributed by atoms with Gasteiger partial charge in [0.15, 0.2) is 11.6 Å². The van der Waals surface area contributed by atoms with Crippen molar-refractivity contribution in [2.24, 2.45) is 0 Å². The lowest BCUT2D eigenvalue weighted by Gasteiger charge is -2.34. The number of aromatic nitrogens is 2. The smallest absolute Gasteiger partial charge is 0.255 e. The summed E-state index contributed by atoms with van der Waals surface area (Å²) in [5.74, 6) is 1.65. The van der Waals surface area contributed by atoms with Crippen LogP contribution in [0.2, 0.25) is 0 Å². The molecule has 3 heterocycles. The van der Waals surface area contributed by atoms with Crippen LogP contribution in [0.25, 0.3) is 0 Å². The van der Waals surface area contributed by atoms with Gasteiger partial charge >= 0.3 is 0 Å². The molecule has 8 nitrogen and oxygen atoms in total. The first-order valence-corrected chi connectivity index (χ1v) is 13.1. The van der Waals surface area contributed by atoms with E-state index in [4.69, 9.17) is 4.74 Å². The van der Waals surface area contributed by atoms with Gasteiger partial charge in [0.2, 0.25) is 0 Å². The Morgan fingerprint density at radius 3 is 2.43 bits per heavy atom. The summed E-state index contributed by atoms with van der Waals surface area (Å²) in [6, 6.07) is 21.3. The number of anilines is 2. The van der Waals surface area contributed by atoms with Gasteiger partial charge in [-0.3, -0.25) is 9.78 Å². The fourth-order valence-corrected chi connectivity index (χ4v) is 5.07. The monoisotopic (exact) mass is 513 g/mol. The molecule has 1 aliphatic heterocycles. The maximum atomic E-state index is 13.6. The topological polar surface area (TPSA) is 87.7 Å². The molecule has 1 aliphatic rings. The van der Waals surface area contributed by atoms with Gasteiger partial charge in [-0.25, -0.2) is 9.19 Å². The number of likely N-dealkylation sites (N-methyl/N-ethyl adjacent to an activating group) is 1. The summed E-state index contributed by atoms with van der Waals surface area (Å²) in [7, 11) is 0.563. The number of nitrogens with one attached hydrogen (secondary N) is 1. The van der Waals surface area contributed by atoms with Crippen molar-refractivity contribution in [3.63, 3.8) is 0 Å². The molecule has 0 bridgehead atoms. The zero-order valence-corrected chi connectivity index (χ0v) is 21.2. The summed E-state index contributed by atoms with van der Waals surface area (Å²) in [5, 5.41) is 2.87. The Balaban J connectivity index is 1.41. The molecule has 1 atom stereocenters. The molecule has 9 heteroatoms. The first-order chi connectivity index (χ1) is 18.1. The van der Waals surface area contributed by atoms with E-state index in [9.17, 15) is 9.00 Å². The van der Waals surface area contributed by atoms with Gasteiger partial charge in [-0.05, 0) is 49.5 Å². The predicted molar refractivity (Wildman–Crippen MR) is 144 cm³/mol. The lowest BCUT2D eigenvalue weighted by molar-refractivity contribution is 0.102. The van der Waals surface area contributed by atoms with Crippen molar-refractivity contribution in [3.05, 3.63) is 97.0 Å². The lowest BCUT2D eigenvalue weighted by Crippen LogP contribution is -2.44. The molecule has 0 aliphatic carbocycles. The van der Waals surface area contributed by atoms with Crippen molar-refractivity contribution in [1.29, 1.82) is 0 Å². The average molecular weight is 514 g/mol. The summed E-state index contributed by atoms with van der Waals surface area (Å²) >= 11 is 0. The number of nitrogens with zero attached hydrogens (tertiary/aromatic N) is 4. The second-order valence-electron chi connectivity index (χ2n) is 8.68. The Labute approximate surface area is 218 Å². The minimum absolute atomic E-state index is 0.227. The molecule has 2 aromatic carbocycles. The van der Waals surface area contributed by atoms with Crippen molar-refractivity contribution in [2.45, 2.75) is 9.79 Å². The third kappa shape index (κ3) is 6.02. The number of carbonyl (C=O) groups is 1. The molecule has 1 amide bonds. The Bertz CT molecular complexity index is 1390. The number of hydrogen-bond acceptors (Lipinski definition) is 7. The summed E-state index contributed by atoms with van der Waals surface area (Å²) < 4.78 is 19.8. The molecular weight excluding hydrogens is 486 g/mol. The average Bonchev–Trinajstić information content (AvgIpc) is 2.94. The Morgan fingerprint density at radius 2 is 1.68 bits per heavy atom. The first kappa shape index (κ1) is 24.6. The van der Waals surface area contributed by atoms with Crippen molar-refractivity contribution in [1.82, 2.24) is 14.9 Å². The van der Waals surface area contributed by atoms with Crippen LogP contribution >= 0.6 is 0 Å². The molecule has 1 unspecified atom stereocenters. The molecular formula is C28H27N5O3S. The fraction of sp³-hybridized carbons (Fsp3) is 0.179. The van der Waals surface area contributed by atoms with E-state index < -0.39 is 10.8 Å². The van der Waals surface area contributed by atoms with E-state index in [-0.39, 0.29) is 5.91 Å². The van der Waals surface area contributed by atoms with E-state index in [0.29, 0.717) is 32.5 Å². The summed E-state index contributed by atoms with van der Waals surface area (Å²) in [6.07, 6.45) is 4.96. The number of piperazine rings is 1. The van der Waals surface area contributed by atoms with Gasteiger partial charge in [0.25, 0.3) is 5.91 Å². The second kappa shape index (κ2) is 11.3. The van der Waals surface area contributed by atoms with Gasteiger partial charge in [0.05, 0.1) is 15.7 Å². The van der Waals surface area contributed by atoms with Crippen LogP contribution in [-0.2, 0) is 10.8 Å². The molecule has 0 saturated carbocycles. The van der Waals surface area contributed by atoms with Gasteiger partial charge in [0.1, 0.15) is 5.75 Å². The lowest BCUT2D eigenvalue weighted by atomic mass is 10.2. The SMILES string of the molecule is CN1CCN(c2ncc(S(=O)c3cccc(NC(=O)c4ccccc4)c3)cc2Oc2ccncc2)CC1. The van der Waals surface area contributed by atoms with Gasteiger partial charge in [-0.15, -0.1) is 0 Å². The highest BCUT2D eigenvalue weighted by Gasteiger charge is 2.22. The number of benzene rings is 2. The predicted octanol–water partition coefficient (Wildman–Crippen LogP) is 4.44. The number of carbonyl (C=O) groups excluding carboxylic acids is 1. The van der Waals surface area contributed by atoms with E-state index in [1.54, 1.807) is 73.2 Å². The number of pyridine rings is 2. The molecule has 0 radical (unpaired) electrons. The van der Waals surface area contributed by atoms with Crippen molar-refractivity contribution < 1.29 is 13.7 Å². The Morgan fingerprint density at radius 1 is 0.919 bits per heavy atom. The van der Waals surface area contributed by atoms with Crippen LogP contribution in [-0.4, -0.2) is 58.2 Å². The minimum atomic E-state index is -1.54. The molecule has 37 heavy (non-hydrogen) atoms. The summed E-state index contributed by atoms with van der Waals surface area (Å²) in [4.78, 5) is 26.8. The van der Waals surface area contributed by atoms with Crippen molar-refractivity contribution >= 4 is 28.2 Å². The molecule has 1 saturated heterocycles. The molecule has 1 N–H and O–H groups in total. The van der Waals surface area contributed by atoms with Gasteiger partial charge < -0.3 is 19.9 Å². The first-order valence-electron chi connectivity index (χ1n) is 12.0. The van der Waals surface area contributed by atoms with Crippen LogP contribution in [0, 0.1) is 0 Å². The highest BCUT2D eigenvalue weighted by Crippen LogP contribution is 2.33. The largest absolute Gasteiger partial charge is 0.453 e. The van der Waals surface area contributed by atoms with E-state index in [2.05, 4.69) is 32.1 Å². The Hall–Kier alpha value is -4.08. The van der Waals surface area contributed by atoms with Crippen LogP contribution in [0.5, 0.6) is 11.5 Å². The third-order valence-electron chi connectivity index (χ3n) is 6.04. The maximum Gasteiger partial charge on any atom is 0.255 e. The molecule has 5 rings (SSSR count). The third-order valence-corrected chi connectivity index (χ3v) is 7.38. The normalized spacial score (nSPS) is 14.7. The van der Waals surface area contributed by atoms with Crippen LogP contribution in [0.3, 0.4) is 0 Å². The number of amides is 1. The van der Waals surface area contributed by atoms with E-state index in [1.165, 1.54) is 0 Å².